The number of para-hydroxylation sites is 2. The van der Waals surface area contributed by atoms with Gasteiger partial charge in [0.25, 0.3) is 11.7 Å². The Morgan fingerprint density at radius 2 is 1.93 bits per heavy atom. The lowest BCUT2D eigenvalue weighted by atomic mass is 10.1. The van der Waals surface area contributed by atoms with E-state index in [2.05, 4.69) is 10.6 Å². The molecule has 0 bridgehead atoms. The number of carbonyl (C=O) groups is 2. The van der Waals surface area contributed by atoms with E-state index in [0.717, 1.165) is 5.69 Å². The summed E-state index contributed by atoms with van der Waals surface area (Å²) in [6.45, 7) is 0.246. The van der Waals surface area contributed by atoms with Gasteiger partial charge >= 0.3 is 0 Å². The Morgan fingerprint density at radius 3 is 2.61 bits per heavy atom. The molecule has 28 heavy (non-hydrogen) atoms. The molecule has 0 aliphatic carbocycles. The van der Waals surface area contributed by atoms with Crippen LogP contribution in [0.15, 0.2) is 53.4 Å². The van der Waals surface area contributed by atoms with Gasteiger partial charge in [-0.1, -0.05) is 23.9 Å². The predicted molar refractivity (Wildman–Crippen MR) is 104 cm³/mol. The van der Waals surface area contributed by atoms with E-state index in [4.69, 9.17) is 4.74 Å². The maximum atomic E-state index is 12.5. The van der Waals surface area contributed by atoms with Gasteiger partial charge in [0.05, 0.1) is 18.8 Å². The Kier molecular flexibility index (Phi) is 6.35. The van der Waals surface area contributed by atoms with Crippen LogP contribution in [-0.4, -0.2) is 43.8 Å². The van der Waals surface area contributed by atoms with Crippen LogP contribution in [0.3, 0.4) is 0 Å². The minimum Gasteiger partial charge on any atom is -0.477 e. The van der Waals surface area contributed by atoms with Crippen LogP contribution >= 0.6 is 11.8 Å². The number of fused-ring (bicyclic) bond motifs is 1. The van der Waals surface area contributed by atoms with Crippen molar-refractivity contribution in [1.29, 1.82) is 0 Å². The number of amides is 2. The summed E-state index contributed by atoms with van der Waals surface area (Å²) >= 11 is 0.446. The van der Waals surface area contributed by atoms with E-state index in [0.29, 0.717) is 28.1 Å². The summed E-state index contributed by atoms with van der Waals surface area (Å²) < 4.78 is 30.5. The van der Waals surface area contributed by atoms with E-state index in [1.165, 1.54) is 19.2 Å². The number of halogens is 2. The topological polar surface area (TPSA) is 70.7 Å². The predicted octanol–water partition coefficient (Wildman–Crippen LogP) is 2.95. The van der Waals surface area contributed by atoms with Crippen molar-refractivity contribution in [2.45, 2.75) is 16.8 Å². The number of ether oxygens (including phenoxy) is 1. The molecular formula is C19H19F2N3O3S. The number of rotatable bonds is 6. The highest BCUT2D eigenvalue weighted by molar-refractivity contribution is 7.99. The molecule has 2 aromatic carbocycles. The molecule has 0 radical (unpaired) electrons. The molecule has 0 fully saturated rings. The molecule has 2 aromatic rings. The molecule has 6 nitrogen and oxygen atoms in total. The number of nitrogens with zero attached hydrogens (tertiary/aromatic N) is 1. The highest BCUT2D eigenvalue weighted by Crippen LogP contribution is 2.33. The molecule has 9 heteroatoms. The van der Waals surface area contributed by atoms with E-state index >= 15 is 0 Å². The third-order valence-corrected chi connectivity index (χ3v) is 4.82. The van der Waals surface area contributed by atoms with Gasteiger partial charge < -0.3 is 20.3 Å². The zero-order valence-corrected chi connectivity index (χ0v) is 15.8. The molecule has 0 aromatic heterocycles. The molecule has 0 spiro atoms. The largest absolute Gasteiger partial charge is 0.477 e. The molecule has 0 saturated heterocycles. The third-order valence-electron chi connectivity index (χ3n) is 4.10. The number of carbonyl (C=O) groups excluding carboxylic acids is 2. The second kappa shape index (κ2) is 8.92. The first-order valence-electron chi connectivity index (χ1n) is 8.53. The number of likely N-dealkylation sites (N-methyl/N-ethyl adjacent to an activating group) is 1. The van der Waals surface area contributed by atoms with Crippen molar-refractivity contribution >= 4 is 35.0 Å². The lowest BCUT2D eigenvalue weighted by Gasteiger charge is -2.34. The maximum Gasteiger partial charge on any atom is 0.288 e. The van der Waals surface area contributed by atoms with Crippen molar-refractivity contribution in [2.75, 3.05) is 30.4 Å². The fraction of sp³-hybridized carbons (Fsp3) is 0.263. The Balaban J connectivity index is 1.67. The average molecular weight is 407 g/mol. The number of hydrogen-bond donors (Lipinski definition) is 2. The molecule has 1 atom stereocenters. The van der Waals surface area contributed by atoms with E-state index in [9.17, 15) is 18.4 Å². The van der Waals surface area contributed by atoms with Gasteiger partial charge in [-0.25, -0.2) is 0 Å². The number of anilines is 2. The van der Waals surface area contributed by atoms with E-state index in [-0.39, 0.29) is 24.9 Å². The molecular weight excluding hydrogens is 388 g/mol. The van der Waals surface area contributed by atoms with Crippen molar-refractivity contribution in [3.8, 4) is 5.75 Å². The van der Waals surface area contributed by atoms with Crippen molar-refractivity contribution in [3.63, 3.8) is 0 Å². The van der Waals surface area contributed by atoms with Crippen LogP contribution in [0.4, 0.5) is 20.2 Å². The van der Waals surface area contributed by atoms with Gasteiger partial charge in [0.2, 0.25) is 5.91 Å². The summed E-state index contributed by atoms with van der Waals surface area (Å²) in [7, 11) is 1.53. The van der Waals surface area contributed by atoms with Gasteiger partial charge in [0.15, 0.2) is 6.10 Å². The first kappa shape index (κ1) is 19.9. The summed E-state index contributed by atoms with van der Waals surface area (Å²) in [5, 5.41) is 5.29. The summed E-state index contributed by atoms with van der Waals surface area (Å²) in [5.41, 5.74) is 1.23. The van der Waals surface area contributed by atoms with Crippen LogP contribution < -0.4 is 20.3 Å². The van der Waals surface area contributed by atoms with Crippen molar-refractivity contribution in [3.05, 3.63) is 48.5 Å². The van der Waals surface area contributed by atoms with Crippen LogP contribution in [0.2, 0.25) is 0 Å². The van der Waals surface area contributed by atoms with Gasteiger partial charge in [-0.15, -0.1) is 0 Å². The minimum atomic E-state index is -2.49. The smallest absolute Gasteiger partial charge is 0.288 e. The number of hydrogen-bond acceptors (Lipinski definition) is 5. The molecule has 1 aliphatic rings. The summed E-state index contributed by atoms with van der Waals surface area (Å²) in [6.07, 6.45) is -0.724. The first-order chi connectivity index (χ1) is 13.5. The summed E-state index contributed by atoms with van der Waals surface area (Å²) in [6, 6.07) is 13.4. The van der Waals surface area contributed by atoms with E-state index in [1.54, 1.807) is 29.2 Å². The Labute approximate surface area is 165 Å². The van der Waals surface area contributed by atoms with Crippen LogP contribution in [0.25, 0.3) is 0 Å². The number of thioether (sulfide) groups is 1. The zero-order valence-electron chi connectivity index (χ0n) is 15.0. The molecule has 0 saturated carbocycles. The van der Waals surface area contributed by atoms with E-state index in [1.807, 2.05) is 12.1 Å². The number of nitrogens with one attached hydrogen (secondary N) is 2. The highest BCUT2D eigenvalue weighted by atomic mass is 32.2. The Hall–Kier alpha value is -2.81. The molecule has 0 unspecified atom stereocenters. The van der Waals surface area contributed by atoms with Crippen LogP contribution in [0, 0.1) is 0 Å². The molecule has 1 aliphatic heterocycles. The normalized spacial score (nSPS) is 15.6. The average Bonchev–Trinajstić information content (AvgIpc) is 2.68. The molecule has 2 N–H and O–H groups in total. The molecule has 2 amide bonds. The van der Waals surface area contributed by atoms with Crippen molar-refractivity contribution in [1.82, 2.24) is 5.32 Å². The SMILES string of the molecule is CNC(=O)[C@@H]1CN(CC(=O)Nc2ccc(SC(F)F)cc2)c2ccccc2O1. The van der Waals surface area contributed by atoms with Crippen molar-refractivity contribution < 1.29 is 23.1 Å². The third kappa shape index (κ3) is 4.92. The van der Waals surface area contributed by atoms with Crippen LogP contribution in [-0.2, 0) is 9.59 Å². The minimum absolute atomic E-state index is 0.0153. The summed E-state index contributed by atoms with van der Waals surface area (Å²) in [4.78, 5) is 26.7. The highest BCUT2D eigenvalue weighted by Gasteiger charge is 2.30. The van der Waals surface area contributed by atoms with Gasteiger partial charge in [0, 0.05) is 17.6 Å². The zero-order chi connectivity index (χ0) is 20.1. The van der Waals surface area contributed by atoms with Crippen LogP contribution in [0.5, 0.6) is 5.75 Å². The van der Waals surface area contributed by atoms with Gasteiger partial charge in [-0.2, -0.15) is 8.78 Å². The number of benzene rings is 2. The van der Waals surface area contributed by atoms with Crippen LogP contribution in [0.1, 0.15) is 0 Å². The van der Waals surface area contributed by atoms with Gasteiger partial charge in [0.1, 0.15) is 5.75 Å². The fourth-order valence-electron chi connectivity index (χ4n) is 2.85. The second-order valence-corrected chi connectivity index (χ2v) is 7.08. The van der Waals surface area contributed by atoms with E-state index < -0.39 is 11.9 Å². The summed E-state index contributed by atoms with van der Waals surface area (Å²) in [5.74, 6) is -2.52. The Bertz CT molecular complexity index is 849. The second-order valence-electron chi connectivity index (χ2n) is 6.02. The molecule has 1 heterocycles. The lowest BCUT2D eigenvalue weighted by molar-refractivity contribution is -0.127. The first-order valence-corrected chi connectivity index (χ1v) is 9.41. The lowest BCUT2D eigenvalue weighted by Crippen LogP contribution is -2.50. The maximum absolute atomic E-state index is 12.5. The molecule has 148 valence electrons. The van der Waals surface area contributed by atoms with Crippen molar-refractivity contribution in [2.24, 2.45) is 0 Å². The monoisotopic (exact) mass is 407 g/mol. The van der Waals surface area contributed by atoms with Gasteiger partial charge in [-0.3, -0.25) is 9.59 Å². The quantitative estimate of drug-likeness (QED) is 0.721. The van der Waals surface area contributed by atoms with Gasteiger partial charge in [-0.05, 0) is 36.4 Å². The Morgan fingerprint density at radius 1 is 1.21 bits per heavy atom. The standard InChI is InChI=1S/C19H19F2N3O3S/c1-22-18(26)16-10-24(14-4-2-3-5-15(14)27-16)11-17(25)23-12-6-8-13(9-7-12)28-19(20)21/h2-9,16,19H,10-11H2,1H3,(H,22,26)(H,23,25)/t16-/m0/s1. The number of alkyl halides is 2. The molecule has 3 rings (SSSR count). The fourth-order valence-corrected chi connectivity index (χ4v) is 3.35.